The summed E-state index contributed by atoms with van der Waals surface area (Å²) < 4.78 is 0. The zero-order valence-corrected chi connectivity index (χ0v) is 14.8. The van der Waals surface area contributed by atoms with Crippen LogP contribution in [-0.4, -0.2) is 34.9 Å². The summed E-state index contributed by atoms with van der Waals surface area (Å²) >= 11 is 0. The van der Waals surface area contributed by atoms with Crippen LogP contribution in [0.4, 0.5) is 17.5 Å². The van der Waals surface area contributed by atoms with Gasteiger partial charge in [0.05, 0.1) is 11.6 Å². The van der Waals surface area contributed by atoms with Crippen molar-refractivity contribution in [3.8, 4) is 6.07 Å². The van der Waals surface area contributed by atoms with E-state index in [-0.39, 0.29) is 11.4 Å². The Balaban J connectivity index is 1.82. The maximum atomic E-state index is 13.2. The molecule has 28 heavy (non-hydrogen) atoms. The summed E-state index contributed by atoms with van der Waals surface area (Å²) in [6.07, 6.45) is 1.98. The highest BCUT2D eigenvalue weighted by atomic mass is 16.2. The van der Waals surface area contributed by atoms with E-state index in [9.17, 15) is 19.6 Å². The molecule has 2 amide bonds. The second-order valence-electron chi connectivity index (χ2n) is 7.17. The first-order valence-corrected chi connectivity index (χ1v) is 9.08. The molecule has 3 aliphatic heterocycles. The van der Waals surface area contributed by atoms with E-state index in [0.717, 1.165) is 25.9 Å². The Morgan fingerprint density at radius 3 is 2.64 bits per heavy atom. The molecule has 9 heteroatoms. The highest BCUT2D eigenvalue weighted by Gasteiger charge is 2.61. The molecule has 1 aromatic carbocycles. The molecule has 1 fully saturated rings. The maximum Gasteiger partial charge on any atom is 0.259 e. The van der Waals surface area contributed by atoms with Crippen LogP contribution in [0.15, 0.2) is 29.1 Å². The van der Waals surface area contributed by atoms with E-state index in [1.165, 1.54) is 0 Å². The standard InChI is InChI=1S/C19H16N6O3/c20-9-11-15(26)22-14-13(16(27)24-18(23-14)25-7-3-4-8-25)19(11)10-5-1-2-6-12(10)21-17(19)28/h1-2,5-6,11H,3-4,7-8H2,(H,21,28)(H2,22,23,24,26,27)/t11-,19-/m1/s1. The molecule has 1 aromatic heterocycles. The van der Waals surface area contributed by atoms with Gasteiger partial charge in [-0.15, -0.1) is 0 Å². The lowest BCUT2D eigenvalue weighted by molar-refractivity contribution is -0.127. The number of anilines is 3. The Kier molecular flexibility index (Phi) is 3.34. The number of nitrogens with zero attached hydrogens (tertiary/aromatic N) is 3. The van der Waals surface area contributed by atoms with Gasteiger partial charge >= 0.3 is 0 Å². The molecule has 5 rings (SSSR count). The largest absolute Gasteiger partial charge is 0.342 e. The van der Waals surface area contributed by atoms with Crippen molar-refractivity contribution in [1.82, 2.24) is 9.97 Å². The van der Waals surface area contributed by atoms with Gasteiger partial charge in [-0.25, -0.2) is 0 Å². The molecule has 0 bridgehead atoms. The molecule has 2 aromatic rings. The number of hydrogen-bond acceptors (Lipinski definition) is 6. The highest BCUT2D eigenvalue weighted by Crippen LogP contribution is 2.50. The van der Waals surface area contributed by atoms with Crippen molar-refractivity contribution in [3.05, 3.63) is 45.7 Å². The fourth-order valence-electron chi connectivity index (χ4n) is 4.50. The molecule has 4 heterocycles. The van der Waals surface area contributed by atoms with E-state index in [1.807, 2.05) is 11.0 Å². The van der Waals surface area contributed by atoms with Gasteiger partial charge in [0.25, 0.3) is 5.56 Å². The minimum Gasteiger partial charge on any atom is -0.342 e. The topological polar surface area (TPSA) is 131 Å². The number of amides is 2. The number of H-pyrrole nitrogens is 1. The second kappa shape index (κ2) is 5.66. The van der Waals surface area contributed by atoms with E-state index in [4.69, 9.17) is 0 Å². The van der Waals surface area contributed by atoms with Crippen molar-refractivity contribution in [2.45, 2.75) is 18.3 Å². The Morgan fingerprint density at radius 2 is 1.89 bits per heavy atom. The number of para-hydroxylation sites is 1. The zero-order chi connectivity index (χ0) is 19.5. The fourth-order valence-corrected chi connectivity index (χ4v) is 4.50. The van der Waals surface area contributed by atoms with Crippen molar-refractivity contribution in [1.29, 1.82) is 5.26 Å². The van der Waals surface area contributed by atoms with Crippen molar-refractivity contribution in [2.75, 3.05) is 28.6 Å². The van der Waals surface area contributed by atoms with Gasteiger partial charge in [-0.2, -0.15) is 10.2 Å². The maximum absolute atomic E-state index is 13.2. The Morgan fingerprint density at radius 1 is 1.14 bits per heavy atom. The van der Waals surface area contributed by atoms with Crippen LogP contribution in [0.2, 0.25) is 0 Å². The summed E-state index contributed by atoms with van der Waals surface area (Å²) in [6, 6.07) is 8.72. The van der Waals surface area contributed by atoms with Gasteiger partial charge in [0.15, 0.2) is 0 Å². The number of fused-ring (bicyclic) bond motifs is 4. The molecule has 2 atom stereocenters. The summed E-state index contributed by atoms with van der Waals surface area (Å²) in [5, 5.41) is 15.0. The lowest BCUT2D eigenvalue weighted by atomic mass is 9.65. The van der Waals surface area contributed by atoms with Gasteiger partial charge in [-0.3, -0.25) is 19.4 Å². The SMILES string of the molecule is N#C[C@@H]1C(=O)Nc2nc(N3CCCC3)[nH]c(=O)c2[C@]12C(=O)Nc1ccccc12. The summed E-state index contributed by atoms with van der Waals surface area (Å²) in [5.41, 5.74) is -1.34. The Bertz CT molecular complexity index is 1130. The molecular formula is C19H16N6O3. The molecule has 9 nitrogen and oxygen atoms in total. The molecule has 0 saturated carbocycles. The van der Waals surface area contributed by atoms with E-state index < -0.39 is 28.7 Å². The average molecular weight is 376 g/mol. The van der Waals surface area contributed by atoms with E-state index >= 15 is 0 Å². The third-order valence-electron chi connectivity index (χ3n) is 5.73. The third kappa shape index (κ3) is 1.94. The third-order valence-corrected chi connectivity index (χ3v) is 5.73. The molecule has 1 spiro atoms. The number of benzene rings is 1. The monoisotopic (exact) mass is 376 g/mol. The molecule has 0 unspecified atom stereocenters. The predicted molar refractivity (Wildman–Crippen MR) is 99.9 cm³/mol. The number of nitriles is 1. The second-order valence-corrected chi connectivity index (χ2v) is 7.17. The number of aromatic nitrogens is 2. The van der Waals surface area contributed by atoms with Crippen LogP contribution in [0.25, 0.3) is 0 Å². The predicted octanol–water partition coefficient (Wildman–Crippen LogP) is 0.700. The number of carbonyl (C=O) groups is 2. The van der Waals surface area contributed by atoms with Crippen LogP contribution >= 0.6 is 0 Å². The van der Waals surface area contributed by atoms with Gasteiger partial charge < -0.3 is 15.5 Å². The molecule has 140 valence electrons. The summed E-state index contributed by atoms with van der Waals surface area (Å²) in [4.78, 5) is 48.2. The number of nitrogens with one attached hydrogen (secondary N) is 3. The van der Waals surface area contributed by atoms with Gasteiger partial charge in [-0.1, -0.05) is 18.2 Å². The van der Waals surface area contributed by atoms with Gasteiger partial charge in [0.2, 0.25) is 17.8 Å². The van der Waals surface area contributed by atoms with Crippen LogP contribution in [0.3, 0.4) is 0 Å². The van der Waals surface area contributed by atoms with Gasteiger partial charge in [0.1, 0.15) is 17.2 Å². The normalized spacial score (nSPS) is 25.1. The summed E-state index contributed by atoms with van der Waals surface area (Å²) in [6.45, 7) is 1.51. The minimum absolute atomic E-state index is 0.00375. The van der Waals surface area contributed by atoms with Crippen LogP contribution in [0.1, 0.15) is 24.0 Å². The lowest BCUT2D eigenvalue weighted by Gasteiger charge is -2.36. The Labute approximate surface area is 159 Å². The molecule has 3 aliphatic rings. The first-order valence-electron chi connectivity index (χ1n) is 9.08. The molecule has 1 saturated heterocycles. The van der Waals surface area contributed by atoms with Crippen LogP contribution < -0.4 is 21.1 Å². The van der Waals surface area contributed by atoms with E-state index in [1.54, 1.807) is 24.3 Å². The lowest BCUT2D eigenvalue weighted by Crippen LogP contribution is -2.54. The molecule has 0 aliphatic carbocycles. The van der Waals surface area contributed by atoms with Crippen LogP contribution in [-0.2, 0) is 15.0 Å². The number of carbonyl (C=O) groups excluding carboxylic acids is 2. The first kappa shape index (κ1) is 16.5. The molecular weight excluding hydrogens is 360 g/mol. The van der Waals surface area contributed by atoms with Crippen molar-refractivity contribution >= 4 is 29.3 Å². The quantitative estimate of drug-likeness (QED) is 0.671. The van der Waals surface area contributed by atoms with Crippen LogP contribution in [0.5, 0.6) is 0 Å². The van der Waals surface area contributed by atoms with Crippen molar-refractivity contribution in [2.24, 2.45) is 5.92 Å². The number of hydrogen-bond donors (Lipinski definition) is 3. The number of aromatic amines is 1. The Hall–Kier alpha value is -3.67. The first-order chi connectivity index (χ1) is 13.6. The smallest absolute Gasteiger partial charge is 0.259 e. The van der Waals surface area contributed by atoms with Gasteiger partial charge in [-0.05, 0) is 24.5 Å². The van der Waals surface area contributed by atoms with Crippen molar-refractivity contribution in [3.63, 3.8) is 0 Å². The zero-order valence-electron chi connectivity index (χ0n) is 14.8. The number of rotatable bonds is 1. The minimum atomic E-state index is -1.73. The highest BCUT2D eigenvalue weighted by molar-refractivity contribution is 6.16. The van der Waals surface area contributed by atoms with Gasteiger partial charge in [0, 0.05) is 18.8 Å². The fraction of sp³-hybridized carbons (Fsp3) is 0.316. The van der Waals surface area contributed by atoms with E-state index in [2.05, 4.69) is 20.6 Å². The average Bonchev–Trinajstić information content (AvgIpc) is 3.30. The molecule has 0 radical (unpaired) electrons. The van der Waals surface area contributed by atoms with E-state index in [0.29, 0.717) is 17.2 Å². The van der Waals surface area contributed by atoms with Crippen LogP contribution in [0, 0.1) is 17.2 Å². The molecule has 3 N–H and O–H groups in total. The van der Waals surface area contributed by atoms with Crippen molar-refractivity contribution < 1.29 is 9.59 Å². The summed E-state index contributed by atoms with van der Waals surface area (Å²) in [7, 11) is 0. The summed E-state index contributed by atoms with van der Waals surface area (Å²) in [5.74, 6) is -2.21.